The molecule has 0 bridgehead atoms. The molecule has 84 valence electrons. The second-order valence-electron chi connectivity index (χ2n) is 4.04. The lowest BCUT2D eigenvalue weighted by molar-refractivity contribution is -0.112. The van der Waals surface area contributed by atoms with Gasteiger partial charge in [0, 0.05) is 12.1 Å². The van der Waals surface area contributed by atoms with E-state index in [-0.39, 0.29) is 5.91 Å². The van der Waals surface area contributed by atoms with Gasteiger partial charge in [0.1, 0.15) is 0 Å². The number of benzene rings is 1. The largest absolute Gasteiger partial charge is 0.500 e. The second kappa shape index (κ2) is 4.39. The zero-order chi connectivity index (χ0) is 11.5. The Hall–Kier alpha value is -1.77. The fourth-order valence-electron chi connectivity index (χ4n) is 1.63. The van der Waals surface area contributed by atoms with E-state index in [0.29, 0.717) is 18.6 Å². The summed E-state index contributed by atoms with van der Waals surface area (Å²) in [5.74, 6) is -0.0637. The van der Waals surface area contributed by atoms with Crippen molar-refractivity contribution in [2.75, 3.05) is 11.9 Å². The smallest absolute Gasteiger partial charge is 0.254 e. The van der Waals surface area contributed by atoms with E-state index in [1.807, 2.05) is 32.0 Å². The summed E-state index contributed by atoms with van der Waals surface area (Å²) in [6.07, 6.45) is 2.23. The molecule has 1 heterocycles. The molecule has 16 heavy (non-hydrogen) atoms. The maximum absolute atomic E-state index is 11.8. The van der Waals surface area contributed by atoms with Crippen molar-refractivity contribution in [2.24, 2.45) is 0 Å². The lowest BCUT2D eigenvalue weighted by Gasteiger charge is -2.09. The van der Waals surface area contributed by atoms with Crippen molar-refractivity contribution < 1.29 is 9.53 Å². The molecule has 0 spiro atoms. The molecule has 1 aliphatic heterocycles. The average Bonchev–Trinajstić information content (AvgIpc) is 2.76. The van der Waals surface area contributed by atoms with Gasteiger partial charge in [0.25, 0.3) is 5.91 Å². The Labute approximate surface area is 95.1 Å². The Bertz CT molecular complexity index is 449. The molecule has 0 saturated carbocycles. The zero-order valence-corrected chi connectivity index (χ0v) is 9.54. The van der Waals surface area contributed by atoms with Crippen molar-refractivity contribution in [1.82, 2.24) is 0 Å². The number of amides is 1. The minimum absolute atomic E-state index is 0.0637. The Morgan fingerprint density at radius 3 is 2.88 bits per heavy atom. The Kier molecular flexibility index (Phi) is 2.95. The number of hydrogen-bond acceptors (Lipinski definition) is 2. The third kappa shape index (κ3) is 2.24. The molecule has 0 aromatic heterocycles. The Morgan fingerprint density at radius 1 is 1.38 bits per heavy atom. The van der Waals surface area contributed by atoms with Gasteiger partial charge >= 0.3 is 0 Å². The molecule has 3 heteroatoms. The van der Waals surface area contributed by atoms with E-state index in [0.717, 1.165) is 16.8 Å². The second-order valence-corrected chi connectivity index (χ2v) is 4.04. The molecule has 1 aromatic carbocycles. The molecule has 0 radical (unpaired) electrons. The number of aryl methyl sites for hydroxylation is 2. The first-order valence-electron chi connectivity index (χ1n) is 5.36. The maximum atomic E-state index is 11.8. The van der Waals surface area contributed by atoms with Crippen LogP contribution in [0.2, 0.25) is 0 Å². The molecular formula is C13H15NO2. The number of anilines is 1. The van der Waals surface area contributed by atoms with Gasteiger partial charge in [-0.3, -0.25) is 4.79 Å². The van der Waals surface area contributed by atoms with Gasteiger partial charge in [-0.1, -0.05) is 12.1 Å². The molecule has 0 aliphatic carbocycles. The molecule has 0 fully saturated rings. The molecule has 1 amide bonds. The highest BCUT2D eigenvalue weighted by molar-refractivity contribution is 6.04. The first-order valence-corrected chi connectivity index (χ1v) is 5.36. The molecule has 1 N–H and O–H groups in total. The molecule has 2 rings (SSSR count). The van der Waals surface area contributed by atoms with E-state index in [1.54, 1.807) is 6.26 Å². The number of ether oxygens (including phenoxy) is 1. The van der Waals surface area contributed by atoms with Crippen LogP contribution in [-0.4, -0.2) is 12.5 Å². The van der Waals surface area contributed by atoms with Crippen LogP contribution in [0.25, 0.3) is 0 Å². The summed E-state index contributed by atoms with van der Waals surface area (Å²) in [5.41, 5.74) is 3.79. The summed E-state index contributed by atoms with van der Waals surface area (Å²) in [6, 6.07) is 6.01. The maximum Gasteiger partial charge on any atom is 0.254 e. The van der Waals surface area contributed by atoms with E-state index in [1.165, 1.54) is 0 Å². The normalized spacial score (nSPS) is 14.2. The summed E-state index contributed by atoms with van der Waals surface area (Å²) >= 11 is 0. The summed E-state index contributed by atoms with van der Waals surface area (Å²) < 4.78 is 5.05. The predicted molar refractivity (Wildman–Crippen MR) is 63.2 cm³/mol. The van der Waals surface area contributed by atoms with Crippen molar-refractivity contribution in [2.45, 2.75) is 20.3 Å². The van der Waals surface area contributed by atoms with E-state index < -0.39 is 0 Å². The molecule has 1 aromatic rings. The van der Waals surface area contributed by atoms with Crippen LogP contribution < -0.4 is 5.32 Å². The van der Waals surface area contributed by atoms with Crippen molar-refractivity contribution >= 4 is 11.6 Å². The van der Waals surface area contributed by atoms with Crippen LogP contribution in [0.5, 0.6) is 0 Å². The average molecular weight is 217 g/mol. The van der Waals surface area contributed by atoms with Gasteiger partial charge in [-0.15, -0.1) is 0 Å². The Morgan fingerprint density at radius 2 is 2.19 bits per heavy atom. The fourth-order valence-corrected chi connectivity index (χ4v) is 1.63. The lowest BCUT2D eigenvalue weighted by Crippen LogP contribution is -2.14. The van der Waals surface area contributed by atoms with Crippen LogP contribution in [-0.2, 0) is 9.53 Å². The topological polar surface area (TPSA) is 38.3 Å². The summed E-state index contributed by atoms with van der Waals surface area (Å²) in [4.78, 5) is 11.8. The van der Waals surface area contributed by atoms with E-state index >= 15 is 0 Å². The quantitative estimate of drug-likeness (QED) is 0.826. The highest BCUT2D eigenvalue weighted by Gasteiger charge is 2.15. The minimum atomic E-state index is -0.0637. The van der Waals surface area contributed by atoms with Crippen molar-refractivity contribution in [3.8, 4) is 0 Å². The minimum Gasteiger partial charge on any atom is -0.500 e. The number of carbonyl (C=O) groups excluding carboxylic acids is 1. The molecule has 0 atom stereocenters. The molecule has 0 unspecified atom stereocenters. The zero-order valence-electron chi connectivity index (χ0n) is 9.54. The van der Waals surface area contributed by atoms with Gasteiger partial charge < -0.3 is 10.1 Å². The first kappa shape index (κ1) is 10.7. The van der Waals surface area contributed by atoms with Crippen LogP contribution in [0.15, 0.2) is 30.0 Å². The van der Waals surface area contributed by atoms with E-state index in [4.69, 9.17) is 4.74 Å². The number of rotatable bonds is 2. The predicted octanol–water partition coefficient (Wildman–Crippen LogP) is 2.55. The highest BCUT2D eigenvalue weighted by atomic mass is 16.5. The van der Waals surface area contributed by atoms with Crippen molar-refractivity contribution in [3.05, 3.63) is 41.2 Å². The van der Waals surface area contributed by atoms with Gasteiger partial charge in [0.05, 0.1) is 18.4 Å². The standard InChI is InChI=1S/C13H15NO2/c1-9-3-4-10(2)12(7-9)14-13(15)11-5-6-16-8-11/h3-4,7-8H,5-6H2,1-2H3,(H,14,15). The van der Waals surface area contributed by atoms with E-state index in [2.05, 4.69) is 5.32 Å². The van der Waals surface area contributed by atoms with Crippen LogP contribution in [0.3, 0.4) is 0 Å². The summed E-state index contributed by atoms with van der Waals surface area (Å²) in [6.45, 7) is 4.59. The van der Waals surface area contributed by atoms with Crippen LogP contribution in [0.1, 0.15) is 17.5 Å². The molecular weight excluding hydrogens is 202 g/mol. The Balaban J connectivity index is 2.14. The monoisotopic (exact) mass is 217 g/mol. The molecule has 3 nitrogen and oxygen atoms in total. The van der Waals surface area contributed by atoms with Crippen LogP contribution in [0, 0.1) is 13.8 Å². The van der Waals surface area contributed by atoms with Gasteiger partial charge in [-0.05, 0) is 31.0 Å². The highest BCUT2D eigenvalue weighted by Crippen LogP contribution is 2.19. The lowest BCUT2D eigenvalue weighted by atomic mass is 10.1. The number of carbonyl (C=O) groups is 1. The van der Waals surface area contributed by atoms with Crippen molar-refractivity contribution in [3.63, 3.8) is 0 Å². The molecule has 0 saturated heterocycles. The SMILES string of the molecule is Cc1ccc(C)c(NC(=O)C2=COCC2)c1. The van der Waals surface area contributed by atoms with Crippen molar-refractivity contribution in [1.29, 1.82) is 0 Å². The number of nitrogens with one attached hydrogen (secondary N) is 1. The third-order valence-corrected chi connectivity index (χ3v) is 2.65. The van der Waals surface area contributed by atoms with Crippen LogP contribution in [0.4, 0.5) is 5.69 Å². The third-order valence-electron chi connectivity index (χ3n) is 2.65. The van der Waals surface area contributed by atoms with Gasteiger partial charge in [-0.25, -0.2) is 0 Å². The van der Waals surface area contributed by atoms with Crippen LogP contribution >= 0.6 is 0 Å². The fraction of sp³-hybridized carbons (Fsp3) is 0.308. The van der Waals surface area contributed by atoms with Gasteiger partial charge in [0.2, 0.25) is 0 Å². The summed E-state index contributed by atoms with van der Waals surface area (Å²) in [7, 11) is 0. The van der Waals surface area contributed by atoms with Gasteiger partial charge in [0.15, 0.2) is 0 Å². The molecule has 1 aliphatic rings. The first-order chi connectivity index (χ1) is 7.66. The number of hydrogen-bond donors (Lipinski definition) is 1. The van der Waals surface area contributed by atoms with Gasteiger partial charge in [-0.2, -0.15) is 0 Å². The summed E-state index contributed by atoms with van der Waals surface area (Å²) in [5, 5.41) is 2.91. The van der Waals surface area contributed by atoms with E-state index in [9.17, 15) is 4.79 Å².